The van der Waals surface area contributed by atoms with E-state index >= 15 is 0 Å². The first-order chi connectivity index (χ1) is 7.67. The minimum absolute atomic E-state index is 0.151. The van der Waals surface area contributed by atoms with Gasteiger partial charge < -0.3 is 15.2 Å². The van der Waals surface area contributed by atoms with E-state index in [9.17, 15) is 9.18 Å². The Labute approximate surface area is 93.2 Å². The standard InChI is InChI=1S/C11H14FNO3/c1-15-11(14)4-5-16-10-3-2-9(12)6-8(10)7-13/h2-3,6H,4-5,7,13H2,1H3. The fourth-order valence-electron chi connectivity index (χ4n) is 1.19. The third-order valence-electron chi connectivity index (χ3n) is 2.03. The molecule has 0 heterocycles. The molecule has 0 amide bonds. The Morgan fingerprint density at radius 1 is 1.50 bits per heavy atom. The third kappa shape index (κ3) is 3.51. The lowest BCUT2D eigenvalue weighted by Gasteiger charge is -2.09. The van der Waals surface area contributed by atoms with Crippen LogP contribution < -0.4 is 10.5 Å². The van der Waals surface area contributed by atoms with Gasteiger partial charge in [-0.25, -0.2) is 4.39 Å². The average molecular weight is 227 g/mol. The van der Waals surface area contributed by atoms with E-state index < -0.39 is 0 Å². The van der Waals surface area contributed by atoms with Crippen molar-refractivity contribution in [3.8, 4) is 5.75 Å². The van der Waals surface area contributed by atoms with Crippen LogP contribution in [0.15, 0.2) is 18.2 Å². The Hall–Kier alpha value is -1.62. The molecule has 0 atom stereocenters. The fourth-order valence-corrected chi connectivity index (χ4v) is 1.19. The van der Waals surface area contributed by atoms with Crippen LogP contribution in [0.2, 0.25) is 0 Å². The van der Waals surface area contributed by atoms with Crippen LogP contribution in [0.4, 0.5) is 4.39 Å². The lowest BCUT2D eigenvalue weighted by molar-refractivity contribution is -0.141. The molecule has 0 aliphatic carbocycles. The van der Waals surface area contributed by atoms with Crippen LogP contribution in [0.5, 0.6) is 5.75 Å². The van der Waals surface area contributed by atoms with E-state index in [0.29, 0.717) is 11.3 Å². The lowest BCUT2D eigenvalue weighted by atomic mass is 10.2. The molecule has 1 rings (SSSR count). The SMILES string of the molecule is COC(=O)CCOc1ccc(F)cc1CN. The number of carbonyl (C=O) groups is 1. The van der Waals surface area contributed by atoms with Crippen molar-refractivity contribution in [2.45, 2.75) is 13.0 Å². The Bertz CT molecular complexity index is 368. The van der Waals surface area contributed by atoms with Gasteiger partial charge in [0.15, 0.2) is 0 Å². The summed E-state index contributed by atoms with van der Waals surface area (Å²) in [6, 6.07) is 4.09. The highest BCUT2D eigenvalue weighted by Crippen LogP contribution is 2.19. The number of hydrogen-bond acceptors (Lipinski definition) is 4. The van der Waals surface area contributed by atoms with Gasteiger partial charge in [-0.15, -0.1) is 0 Å². The van der Waals surface area contributed by atoms with Crippen molar-refractivity contribution >= 4 is 5.97 Å². The number of nitrogens with two attached hydrogens (primary N) is 1. The highest BCUT2D eigenvalue weighted by Gasteiger charge is 2.05. The third-order valence-corrected chi connectivity index (χ3v) is 2.03. The summed E-state index contributed by atoms with van der Waals surface area (Å²) < 4.78 is 22.6. The van der Waals surface area contributed by atoms with Crippen LogP contribution in [0, 0.1) is 5.82 Å². The fraction of sp³-hybridized carbons (Fsp3) is 0.364. The molecule has 0 aliphatic heterocycles. The minimum atomic E-state index is -0.360. The number of rotatable bonds is 5. The highest BCUT2D eigenvalue weighted by atomic mass is 19.1. The molecule has 0 spiro atoms. The van der Waals surface area contributed by atoms with Crippen LogP contribution >= 0.6 is 0 Å². The van der Waals surface area contributed by atoms with Crippen LogP contribution in [0.3, 0.4) is 0 Å². The zero-order valence-corrected chi connectivity index (χ0v) is 9.03. The van der Waals surface area contributed by atoms with Crippen molar-refractivity contribution in [2.24, 2.45) is 5.73 Å². The van der Waals surface area contributed by atoms with Gasteiger partial charge >= 0.3 is 5.97 Å². The number of methoxy groups -OCH3 is 1. The second-order valence-electron chi connectivity index (χ2n) is 3.13. The number of halogens is 1. The maximum atomic E-state index is 12.9. The van der Waals surface area contributed by atoms with Gasteiger partial charge in [-0.3, -0.25) is 4.79 Å². The zero-order chi connectivity index (χ0) is 12.0. The van der Waals surface area contributed by atoms with E-state index in [2.05, 4.69) is 4.74 Å². The van der Waals surface area contributed by atoms with Crippen molar-refractivity contribution < 1.29 is 18.7 Å². The molecule has 5 heteroatoms. The van der Waals surface area contributed by atoms with Crippen LogP contribution in [-0.4, -0.2) is 19.7 Å². The van der Waals surface area contributed by atoms with Gasteiger partial charge in [0.25, 0.3) is 0 Å². The monoisotopic (exact) mass is 227 g/mol. The predicted octanol–water partition coefficient (Wildman–Crippen LogP) is 1.23. The molecular formula is C11H14FNO3. The first kappa shape index (κ1) is 12.4. The second-order valence-corrected chi connectivity index (χ2v) is 3.13. The molecule has 0 aromatic heterocycles. The summed E-state index contributed by atoms with van der Waals surface area (Å²) in [5, 5.41) is 0. The molecule has 4 nitrogen and oxygen atoms in total. The Balaban J connectivity index is 2.56. The van der Waals surface area contributed by atoms with Crippen molar-refractivity contribution in [1.29, 1.82) is 0 Å². The highest BCUT2D eigenvalue weighted by molar-refractivity contribution is 5.69. The van der Waals surface area contributed by atoms with E-state index in [0.717, 1.165) is 0 Å². The van der Waals surface area contributed by atoms with Gasteiger partial charge in [0.05, 0.1) is 20.1 Å². The van der Waals surface area contributed by atoms with Crippen LogP contribution in [0.1, 0.15) is 12.0 Å². The first-order valence-electron chi connectivity index (χ1n) is 4.85. The summed E-state index contributed by atoms with van der Waals surface area (Å²) in [5.41, 5.74) is 6.01. The van der Waals surface area contributed by atoms with E-state index in [4.69, 9.17) is 10.5 Å². The van der Waals surface area contributed by atoms with Gasteiger partial charge in [-0.1, -0.05) is 0 Å². The van der Waals surface area contributed by atoms with E-state index in [1.54, 1.807) is 0 Å². The summed E-state index contributed by atoms with van der Waals surface area (Å²) in [5.74, 6) is -0.218. The summed E-state index contributed by atoms with van der Waals surface area (Å²) in [7, 11) is 1.31. The van der Waals surface area contributed by atoms with Crippen molar-refractivity contribution in [1.82, 2.24) is 0 Å². The van der Waals surface area contributed by atoms with Gasteiger partial charge in [0.1, 0.15) is 11.6 Å². The number of ether oxygens (including phenoxy) is 2. The number of esters is 1. The largest absolute Gasteiger partial charge is 0.493 e. The van der Waals surface area contributed by atoms with Crippen molar-refractivity contribution in [3.63, 3.8) is 0 Å². The van der Waals surface area contributed by atoms with Crippen LogP contribution in [0.25, 0.3) is 0 Å². The molecule has 1 aromatic rings. The van der Waals surface area contributed by atoms with Gasteiger partial charge in [-0.2, -0.15) is 0 Å². The minimum Gasteiger partial charge on any atom is -0.493 e. The normalized spacial score (nSPS) is 9.94. The molecule has 0 saturated heterocycles. The zero-order valence-electron chi connectivity index (χ0n) is 9.03. The maximum absolute atomic E-state index is 12.9. The maximum Gasteiger partial charge on any atom is 0.308 e. The van der Waals surface area contributed by atoms with Crippen molar-refractivity contribution in [3.05, 3.63) is 29.6 Å². The molecular weight excluding hydrogens is 213 g/mol. The summed E-state index contributed by atoms with van der Waals surface area (Å²) in [4.78, 5) is 10.8. The Morgan fingerprint density at radius 2 is 2.25 bits per heavy atom. The Kier molecular flexibility index (Phi) is 4.72. The molecule has 0 bridgehead atoms. The number of hydrogen-bond donors (Lipinski definition) is 1. The number of benzene rings is 1. The Morgan fingerprint density at radius 3 is 2.88 bits per heavy atom. The van der Waals surface area contributed by atoms with E-state index in [1.807, 2.05) is 0 Å². The molecule has 0 unspecified atom stereocenters. The summed E-state index contributed by atoms with van der Waals surface area (Å²) in [6.07, 6.45) is 0.151. The van der Waals surface area contributed by atoms with Crippen molar-refractivity contribution in [2.75, 3.05) is 13.7 Å². The molecule has 0 radical (unpaired) electrons. The molecule has 0 fully saturated rings. The van der Waals surface area contributed by atoms with E-state index in [-0.39, 0.29) is 31.4 Å². The van der Waals surface area contributed by atoms with Gasteiger partial charge in [0.2, 0.25) is 0 Å². The lowest BCUT2D eigenvalue weighted by Crippen LogP contribution is -2.09. The summed E-state index contributed by atoms with van der Waals surface area (Å²) >= 11 is 0. The summed E-state index contributed by atoms with van der Waals surface area (Å²) in [6.45, 7) is 0.372. The molecule has 16 heavy (non-hydrogen) atoms. The van der Waals surface area contributed by atoms with Crippen LogP contribution in [-0.2, 0) is 16.1 Å². The molecule has 0 saturated carbocycles. The topological polar surface area (TPSA) is 61.5 Å². The molecule has 1 aromatic carbocycles. The quantitative estimate of drug-likeness (QED) is 0.768. The first-order valence-corrected chi connectivity index (χ1v) is 4.85. The second kappa shape index (κ2) is 6.07. The number of carbonyl (C=O) groups excluding carboxylic acids is 1. The average Bonchev–Trinajstić information content (AvgIpc) is 2.30. The van der Waals surface area contributed by atoms with Gasteiger partial charge in [-0.05, 0) is 18.2 Å². The molecule has 0 aliphatic rings. The smallest absolute Gasteiger partial charge is 0.308 e. The van der Waals surface area contributed by atoms with Gasteiger partial charge in [0, 0.05) is 12.1 Å². The molecule has 88 valence electrons. The van der Waals surface area contributed by atoms with E-state index in [1.165, 1.54) is 25.3 Å². The predicted molar refractivity (Wildman–Crippen MR) is 56.4 cm³/mol. The molecule has 2 N–H and O–H groups in total.